The van der Waals surface area contributed by atoms with E-state index in [4.69, 9.17) is 4.74 Å². The van der Waals surface area contributed by atoms with Crippen LogP contribution < -0.4 is 10.6 Å². The lowest BCUT2D eigenvalue weighted by Crippen LogP contribution is -2.47. The highest BCUT2D eigenvalue weighted by Crippen LogP contribution is 2.13. The molecule has 0 radical (unpaired) electrons. The summed E-state index contributed by atoms with van der Waals surface area (Å²) in [6, 6.07) is 0.242. The topological polar surface area (TPSA) is 76.4 Å². The minimum Gasteiger partial charge on any atom is -0.377 e. The van der Waals surface area contributed by atoms with Crippen LogP contribution in [-0.4, -0.2) is 54.1 Å². The standard InChI is InChI=1S/C13H23FN6O/c1-15-13(16-7-3-6-14)17-10-4-5-12-18-11(9-21-2)19-20(12)8-10/h10H,3-9H2,1-2H3,(H2,15,16,17). The number of alkyl halides is 1. The lowest BCUT2D eigenvalue weighted by atomic mass is 10.1. The van der Waals surface area contributed by atoms with Crippen molar-refractivity contribution in [2.24, 2.45) is 4.99 Å². The monoisotopic (exact) mass is 298 g/mol. The van der Waals surface area contributed by atoms with Crippen LogP contribution in [0.1, 0.15) is 24.5 Å². The predicted molar refractivity (Wildman–Crippen MR) is 77.9 cm³/mol. The third-order valence-corrected chi connectivity index (χ3v) is 3.34. The Morgan fingerprint density at radius 1 is 1.57 bits per heavy atom. The van der Waals surface area contributed by atoms with Gasteiger partial charge in [0, 0.05) is 33.2 Å². The number of nitrogens with zero attached hydrogens (tertiary/aromatic N) is 4. The second-order valence-electron chi connectivity index (χ2n) is 4.98. The highest BCUT2D eigenvalue weighted by Gasteiger charge is 2.22. The number of aromatic nitrogens is 3. The van der Waals surface area contributed by atoms with Crippen LogP contribution in [0.25, 0.3) is 0 Å². The fourth-order valence-electron chi connectivity index (χ4n) is 2.33. The summed E-state index contributed by atoms with van der Waals surface area (Å²) in [5.74, 6) is 2.42. The number of hydrogen-bond donors (Lipinski definition) is 2. The molecule has 8 heteroatoms. The molecule has 2 rings (SSSR count). The first-order valence-corrected chi connectivity index (χ1v) is 7.21. The number of guanidine groups is 1. The van der Waals surface area contributed by atoms with Crippen molar-refractivity contribution in [3.63, 3.8) is 0 Å². The van der Waals surface area contributed by atoms with Gasteiger partial charge in [0.15, 0.2) is 11.8 Å². The molecule has 2 heterocycles. The van der Waals surface area contributed by atoms with Gasteiger partial charge in [-0.15, -0.1) is 0 Å². The Morgan fingerprint density at radius 3 is 3.14 bits per heavy atom. The molecular weight excluding hydrogens is 275 g/mol. The smallest absolute Gasteiger partial charge is 0.191 e. The molecule has 0 bridgehead atoms. The third-order valence-electron chi connectivity index (χ3n) is 3.34. The van der Waals surface area contributed by atoms with Gasteiger partial charge in [0.05, 0.1) is 13.2 Å². The average molecular weight is 298 g/mol. The van der Waals surface area contributed by atoms with Gasteiger partial charge in [-0.3, -0.25) is 9.38 Å². The summed E-state index contributed by atoms with van der Waals surface area (Å²) in [4.78, 5) is 8.60. The highest BCUT2D eigenvalue weighted by atomic mass is 19.1. The molecule has 118 valence electrons. The second-order valence-corrected chi connectivity index (χ2v) is 4.98. The van der Waals surface area contributed by atoms with Gasteiger partial charge in [0.1, 0.15) is 12.4 Å². The lowest BCUT2D eigenvalue weighted by Gasteiger charge is -2.25. The normalized spacial score (nSPS) is 18.4. The molecule has 21 heavy (non-hydrogen) atoms. The number of halogens is 1. The van der Waals surface area contributed by atoms with E-state index in [0.717, 1.165) is 31.0 Å². The first-order valence-electron chi connectivity index (χ1n) is 7.21. The molecule has 2 N–H and O–H groups in total. The minimum absolute atomic E-state index is 0.242. The first kappa shape index (κ1) is 15.7. The Labute approximate surface area is 124 Å². The van der Waals surface area contributed by atoms with Gasteiger partial charge in [-0.2, -0.15) is 5.10 Å². The molecule has 0 saturated carbocycles. The maximum Gasteiger partial charge on any atom is 0.191 e. The van der Waals surface area contributed by atoms with E-state index in [-0.39, 0.29) is 12.7 Å². The fourth-order valence-corrected chi connectivity index (χ4v) is 2.33. The SMILES string of the molecule is CN=C(NCCCF)NC1CCc2nc(COC)nn2C1. The van der Waals surface area contributed by atoms with Gasteiger partial charge in [-0.1, -0.05) is 0 Å². The molecule has 1 aromatic heterocycles. The van der Waals surface area contributed by atoms with Gasteiger partial charge in [-0.05, 0) is 12.8 Å². The highest BCUT2D eigenvalue weighted by molar-refractivity contribution is 5.79. The van der Waals surface area contributed by atoms with E-state index in [1.165, 1.54) is 0 Å². The van der Waals surface area contributed by atoms with E-state index in [1.54, 1.807) is 14.2 Å². The van der Waals surface area contributed by atoms with Crippen LogP contribution in [-0.2, 0) is 24.3 Å². The summed E-state index contributed by atoms with van der Waals surface area (Å²) in [5.41, 5.74) is 0. The zero-order chi connectivity index (χ0) is 15.1. The van der Waals surface area contributed by atoms with Crippen molar-refractivity contribution in [3.8, 4) is 0 Å². The maximum atomic E-state index is 12.1. The number of methoxy groups -OCH3 is 1. The van der Waals surface area contributed by atoms with Gasteiger partial charge in [-0.25, -0.2) is 9.67 Å². The minimum atomic E-state index is -0.321. The molecule has 1 unspecified atom stereocenters. The maximum absolute atomic E-state index is 12.1. The summed E-state index contributed by atoms with van der Waals surface area (Å²) < 4.78 is 19.1. The first-order chi connectivity index (χ1) is 10.3. The zero-order valence-electron chi connectivity index (χ0n) is 12.6. The molecule has 0 aromatic carbocycles. The molecule has 0 spiro atoms. The Balaban J connectivity index is 1.88. The zero-order valence-corrected chi connectivity index (χ0v) is 12.6. The molecule has 0 amide bonds. The molecule has 1 aliphatic rings. The van der Waals surface area contributed by atoms with Crippen LogP contribution in [0.3, 0.4) is 0 Å². The Bertz CT molecular complexity index is 475. The number of ether oxygens (including phenoxy) is 1. The van der Waals surface area contributed by atoms with Crippen molar-refractivity contribution in [2.75, 3.05) is 27.4 Å². The van der Waals surface area contributed by atoms with Gasteiger partial charge >= 0.3 is 0 Å². The lowest BCUT2D eigenvalue weighted by molar-refractivity contribution is 0.177. The van der Waals surface area contributed by atoms with Crippen molar-refractivity contribution < 1.29 is 9.13 Å². The number of aliphatic imine (C=N–C) groups is 1. The Kier molecular flexibility index (Phi) is 5.91. The van der Waals surface area contributed by atoms with Crippen molar-refractivity contribution in [3.05, 3.63) is 11.6 Å². The quantitative estimate of drug-likeness (QED) is 0.448. The Morgan fingerprint density at radius 2 is 2.43 bits per heavy atom. The van der Waals surface area contributed by atoms with Crippen LogP contribution in [0.2, 0.25) is 0 Å². The van der Waals surface area contributed by atoms with Crippen molar-refractivity contribution in [1.29, 1.82) is 0 Å². The Hall–Kier alpha value is -1.70. The average Bonchev–Trinajstić information content (AvgIpc) is 2.88. The molecule has 7 nitrogen and oxygen atoms in total. The summed E-state index contributed by atoms with van der Waals surface area (Å²) in [5, 5.41) is 10.9. The second kappa shape index (κ2) is 7.92. The van der Waals surface area contributed by atoms with E-state index < -0.39 is 0 Å². The van der Waals surface area contributed by atoms with E-state index in [1.807, 2.05) is 4.68 Å². The summed E-state index contributed by atoms with van der Waals surface area (Å²) in [6.45, 7) is 1.44. The van der Waals surface area contributed by atoms with Gasteiger partial charge in [0.25, 0.3) is 0 Å². The molecule has 1 atom stereocenters. The van der Waals surface area contributed by atoms with E-state index in [0.29, 0.717) is 25.5 Å². The van der Waals surface area contributed by atoms with Crippen LogP contribution in [0.5, 0.6) is 0 Å². The number of hydrogen-bond acceptors (Lipinski definition) is 4. The van der Waals surface area contributed by atoms with Gasteiger partial charge in [0.2, 0.25) is 0 Å². The van der Waals surface area contributed by atoms with Crippen LogP contribution in [0, 0.1) is 0 Å². The van der Waals surface area contributed by atoms with E-state index >= 15 is 0 Å². The van der Waals surface area contributed by atoms with E-state index in [2.05, 4.69) is 25.7 Å². The molecule has 0 aliphatic carbocycles. The molecule has 0 saturated heterocycles. The number of fused-ring (bicyclic) bond motifs is 1. The fraction of sp³-hybridized carbons (Fsp3) is 0.769. The van der Waals surface area contributed by atoms with Crippen LogP contribution in [0.15, 0.2) is 4.99 Å². The predicted octanol–water partition coefficient (Wildman–Crippen LogP) is 0.264. The van der Waals surface area contributed by atoms with Gasteiger partial charge < -0.3 is 15.4 Å². The van der Waals surface area contributed by atoms with Crippen LogP contribution in [0.4, 0.5) is 4.39 Å². The third kappa shape index (κ3) is 4.38. The molecule has 1 aliphatic heterocycles. The number of rotatable bonds is 6. The largest absolute Gasteiger partial charge is 0.377 e. The van der Waals surface area contributed by atoms with Crippen LogP contribution >= 0.6 is 0 Å². The number of aryl methyl sites for hydroxylation is 1. The summed E-state index contributed by atoms with van der Waals surface area (Å²) in [6.07, 6.45) is 2.32. The molecule has 0 fully saturated rings. The van der Waals surface area contributed by atoms with Crippen molar-refractivity contribution >= 4 is 5.96 Å². The summed E-state index contributed by atoms with van der Waals surface area (Å²) in [7, 11) is 3.35. The van der Waals surface area contributed by atoms with Crippen molar-refractivity contribution in [2.45, 2.75) is 38.5 Å². The van der Waals surface area contributed by atoms with Crippen molar-refractivity contribution in [1.82, 2.24) is 25.4 Å². The van der Waals surface area contributed by atoms with E-state index in [9.17, 15) is 4.39 Å². The molecular formula is C13H23FN6O. The molecule has 1 aromatic rings. The summed E-state index contributed by atoms with van der Waals surface area (Å²) >= 11 is 0. The number of nitrogens with one attached hydrogen (secondary N) is 2.